The Kier molecular flexibility index (Phi) is 6.70. The number of nitrogens with zero attached hydrogens (tertiary/aromatic N) is 1. The van der Waals surface area contributed by atoms with Crippen LogP contribution in [-0.4, -0.2) is 61.0 Å². The van der Waals surface area contributed by atoms with Gasteiger partial charge in [-0.2, -0.15) is 0 Å². The maximum absolute atomic E-state index is 11.9. The molecule has 19 heavy (non-hydrogen) atoms. The number of aliphatic hydroxyl groups is 1. The molecule has 0 fully saturated rings. The predicted molar refractivity (Wildman–Crippen MR) is 69.1 cm³/mol. The van der Waals surface area contributed by atoms with Crippen molar-refractivity contribution in [1.29, 1.82) is 0 Å². The molecule has 0 aliphatic heterocycles. The third kappa shape index (κ3) is 5.15. The Morgan fingerprint density at radius 2 is 2.05 bits per heavy atom. The van der Waals surface area contributed by atoms with E-state index in [4.69, 9.17) is 14.6 Å². The lowest BCUT2D eigenvalue weighted by Crippen LogP contribution is -2.39. The van der Waals surface area contributed by atoms with Crippen LogP contribution in [0.1, 0.15) is 0 Å². The van der Waals surface area contributed by atoms with E-state index < -0.39 is 0 Å². The Labute approximate surface area is 112 Å². The van der Waals surface area contributed by atoms with E-state index in [2.05, 4.69) is 0 Å². The number of phenols is 1. The molecular formula is C13H19NO5. The average molecular weight is 269 g/mol. The lowest BCUT2D eigenvalue weighted by molar-refractivity contribution is -0.134. The maximum Gasteiger partial charge on any atom is 0.260 e. The van der Waals surface area contributed by atoms with E-state index >= 15 is 0 Å². The van der Waals surface area contributed by atoms with Crippen LogP contribution in [0.3, 0.4) is 0 Å². The molecule has 1 aromatic rings. The fourth-order valence-electron chi connectivity index (χ4n) is 1.49. The summed E-state index contributed by atoms with van der Waals surface area (Å²) < 4.78 is 10.1. The Morgan fingerprint density at radius 3 is 2.68 bits per heavy atom. The fraction of sp³-hybridized carbons (Fsp3) is 0.462. The van der Waals surface area contributed by atoms with E-state index in [0.29, 0.717) is 13.2 Å². The number of amides is 1. The molecule has 0 unspecified atom stereocenters. The van der Waals surface area contributed by atoms with Gasteiger partial charge < -0.3 is 24.6 Å². The third-order valence-electron chi connectivity index (χ3n) is 2.50. The Balaban J connectivity index is 2.50. The van der Waals surface area contributed by atoms with Crippen molar-refractivity contribution in [2.24, 2.45) is 0 Å². The standard InChI is InChI=1S/C13H19NO5/c1-18-9-7-14(6-8-15)13(17)10-19-12-5-3-2-4-11(12)16/h2-5,15-16H,6-10H2,1H3. The van der Waals surface area contributed by atoms with Crippen molar-refractivity contribution in [3.63, 3.8) is 0 Å². The van der Waals surface area contributed by atoms with E-state index in [1.807, 2.05) is 0 Å². The second kappa shape index (κ2) is 8.34. The first-order valence-corrected chi connectivity index (χ1v) is 5.97. The van der Waals surface area contributed by atoms with Gasteiger partial charge in [-0.3, -0.25) is 4.79 Å². The summed E-state index contributed by atoms with van der Waals surface area (Å²) in [7, 11) is 1.54. The molecule has 0 bridgehead atoms. The summed E-state index contributed by atoms with van der Waals surface area (Å²) in [6.45, 7) is 0.696. The topological polar surface area (TPSA) is 79.2 Å². The van der Waals surface area contributed by atoms with Crippen LogP contribution < -0.4 is 4.74 Å². The lowest BCUT2D eigenvalue weighted by Gasteiger charge is -2.21. The van der Waals surface area contributed by atoms with Crippen molar-refractivity contribution in [3.05, 3.63) is 24.3 Å². The minimum Gasteiger partial charge on any atom is -0.504 e. The zero-order chi connectivity index (χ0) is 14.1. The Morgan fingerprint density at radius 1 is 1.32 bits per heavy atom. The minimum absolute atomic E-state index is 0.0131. The largest absolute Gasteiger partial charge is 0.504 e. The first kappa shape index (κ1) is 15.3. The van der Waals surface area contributed by atoms with Gasteiger partial charge in [-0.15, -0.1) is 0 Å². The number of aromatic hydroxyl groups is 1. The minimum atomic E-state index is -0.269. The number of phenolic OH excluding ortho intramolecular Hbond substituents is 1. The number of para-hydroxylation sites is 2. The molecule has 0 spiro atoms. The molecule has 1 rings (SSSR count). The van der Waals surface area contributed by atoms with Gasteiger partial charge in [0, 0.05) is 20.2 Å². The van der Waals surface area contributed by atoms with Crippen molar-refractivity contribution < 1.29 is 24.5 Å². The van der Waals surface area contributed by atoms with Crippen LogP contribution in [0, 0.1) is 0 Å². The smallest absolute Gasteiger partial charge is 0.260 e. The van der Waals surface area contributed by atoms with E-state index in [0.717, 1.165) is 0 Å². The summed E-state index contributed by atoms with van der Waals surface area (Å²) in [6, 6.07) is 6.43. The maximum atomic E-state index is 11.9. The number of ether oxygens (including phenoxy) is 2. The molecule has 0 saturated heterocycles. The number of methoxy groups -OCH3 is 1. The molecular weight excluding hydrogens is 250 g/mol. The summed E-state index contributed by atoms with van der Waals surface area (Å²) >= 11 is 0. The molecule has 0 atom stereocenters. The predicted octanol–water partition coefficient (Wildman–Crippen LogP) is 0.238. The highest BCUT2D eigenvalue weighted by Crippen LogP contribution is 2.24. The van der Waals surface area contributed by atoms with Gasteiger partial charge in [0.25, 0.3) is 5.91 Å². The SMILES string of the molecule is COCCN(CCO)C(=O)COc1ccccc1O. The molecule has 0 aliphatic carbocycles. The molecule has 106 valence electrons. The zero-order valence-corrected chi connectivity index (χ0v) is 10.9. The second-order valence-corrected chi connectivity index (χ2v) is 3.85. The summed E-state index contributed by atoms with van der Waals surface area (Å²) in [4.78, 5) is 13.3. The van der Waals surface area contributed by atoms with Gasteiger partial charge in [-0.05, 0) is 12.1 Å². The van der Waals surface area contributed by atoms with Gasteiger partial charge in [0.2, 0.25) is 0 Å². The average Bonchev–Trinajstić information content (AvgIpc) is 2.42. The second-order valence-electron chi connectivity index (χ2n) is 3.85. The van der Waals surface area contributed by atoms with E-state index in [1.165, 1.54) is 11.0 Å². The summed E-state index contributed by atoms with van der Waals surface area (Å²) in [5.74, 6) is -0.0261. The van der Waals surface area contributed by atoms with Crippen molar-refractivity contribution in [2.45, 2.75) is 0 Å². The van der Waals surface area contributed by atoms with Crippen molar-refractivity contribution in [2.75, 3.05) is 40.0 Å². The molecule has 0 saturated carbocycles. The van der Waals surface area contributed by atoms with Crippen molar-refractivity contribution >= 4 is 5.91 Å². The number of benzene rings is 1. The number of hydrogen-bond donors (Lipinski definition) is 2. The van der Waals surface area contributed by atoms with Crippen LogP contribution in [0.2, 0.25) is 0 Å². The van der Waals surface area contributed by atoms with Gasteiger partial charge in [0.05, 0.1) is 13.2 Å². The first-order valence-electron chi connectivity index (χ1n) is 5.97. The van der Waals surface area contributed by atoms with Gasteiger partial charge >= 0.3 is 0 Å². The molecule has 0 aromatic heterocycles. The summed E-state index contributed by atoms with van der Waals surface area (Å²) in [5.41, 5.74) is 0. The number of hydrogen-bond acceptors (Lipinski definition) is 5. The molecule has 1 aromatic carbocycles. The summed E-state index contributed by atoms with van der Waals surface area (Å²) in [6.07, 6.45) is 0. The normalized spacial score (nSPS) is 10.2. The quantitative estimate of drug-likeness (QED) is 0.706. The van der Waals surface area contributed by atoms with Crippen molar-refractivity contribution in [1.82, 2.24) is 4.90 Å². The van der Waals surface area contributed by atoms with Crippen LogP contribution in [0.4, 0.5) is 0 Å². The molecule has 2 N–H and O–H groups in total. The van der Waals surface area contributed by atoms with Gasteiger partial charge in [-0.25, -0.2) is 0 Å². The number of carbonyl (C=O) groups is 1. The Bertz CT molecular complexity index is 396. The third-order valence-corrected chi connectivity index (χ3v) is 2.50. The molecule has 0 aliphatic rings. The van der Waals surface area contributed by atoms with Gasteiger partial charge in [0.15, 0.2) is 18.1 Å². The monoisotopic (exact) mass is 269 g/mol. The Hall–Kier alpha value is -1.79. The highest BCUT2D eigenvalue weighted by atomic mass is 16.5. The van der Waals surface area contributed by atoms with Crippen LogP contribution in [0.25, 0.3) is 0 Å². The molecule has 6 nitrogen and oxygen atoms in total. The van der Waals surface area contributed by atoms with Crippen LogP contribution in [0.15, 0.2) is 24.3 Å². The molecule has 6 heteroatoms. The van der Waals surface area contributed by atoms with E-state index in [1.54, 1.807) is 25.3 Å². The van der Waals surface area contributed by atoms with Crippen LogP contribution in [-0.2, 0) is 9.53 Å². The van der Waals surface area contributed by atoms with Gasteiger partial charge in [0.1, 0.15) is 0 Å². The fourth-order valence-corrected chi connectivity index (χ4v) is 1.49. The summed E-state index contributed by atoms with van der Waals surface area (Å²) in [5, 5.41) is 18.4. The van der Waals surface area contributed by atoms with E-state index in [9.17, 15) is 9.90 Å². The van der Waals surface area contributed by atoms with Crippen molar-refractivity contribution in [3.8, 4) is 11.5 Å². The zero-order valence-electron chi connectivity index (χ0n) is 10.9. The first-order chi connectivity index (χ1) is 9.19. The van der Waals surface area contributed by atoms with Gasteiger partial charge in [-0.1, -0.05) is 12.1 Å². The highest BCUT2D eigenvalue weighted by molar-refractivity contribution is 5.77. The highest BCUT2D eigenvalue weighted by Gasteiger charge is 2.14. The molecule has 0 radical (unpaired) electrons. The van der Waals surface area contributed by atoms with Crippen LogP contribution >= 0.6 is 0 Å². The molecule has 1 amide bonds. The lowest BCUT2D eigenvalue weighted by atomic mass is 10.3. The number of rotatable bonds is 8. The number of carbonyl (C=O) groups excluding carboxylic acids is 1. The van der Waals surface area contributed by atoms with Crippen LogP contribution in [0.5, 0.6) is 11.5 Å². The van der Waals surface area contributed by atoms with E-state index in [-0.39, 0.29) is 37.2 Å². The number of aliphatic hydroxyl groups excluding tert-OH is 1. The molecule has 0 heterocycles.